The van der Waals surface area contributed by atoms with Crippen LogP contribution in [0.4, 0.5) is 0 Å². The van der Waals surface area contributed by atoms with E-state index in [1.165, 1.54) is 0 Å². The second-order valence-electron chi connectivity index (χ2n) is 11.2. The molecule has 1 N–H and O–H groups in total. The van der Waals surface area contributed by atoms with Gasteiger partial charge in [0.1, 0.15) is 5.54 Å². The number of Topliss-reactive ketones (excluding diaryl/α,β-unsaturated/α-hetero) is 1. The Bertz CT molecular complexity index is 1350. The molecule has 6 nitrogen and oxygen atoms in total. The molecular formula is C34H37N3O3. The summed E-state index contributed by atoms with van der Waals surface area (Å²) in [5.41, 5.74) is 6.88. The molecule has 1 atom stereocenters. The molecule has 0 spiro atoms. The van der Waals surface area contributed by atoms with Gasteiger partial charge in [-0.25, -0.2) is 4.79 Å². The van der Waals surface area contributed by atoms with Gasteiger partial charge in [-0.1, -0.05) is 105 Å². The predicted octanol–water partition coefficient (Wildman–Crippen LogP) is 5.43. The molecule has 0 radical (unpaired) electrons. The number of esters is 1. The first-order valence-electron chi connectivity index (χ1n) is 13.8. The summed E-state index contributed by atoms with van der Waals surface area (Å²) in [6.07, 6.45) is 2.40. The summed E-state index contributed by atoms with van der Waals surface area (Å²) < 4.78 is 5.74. The maximum atomic E-state index is 14.0. The van der Waals surface area contributed by atoms with Crippen LogP contribution < -0.4 is 5.43 Å². The van der Waals surface area contributed by atoms with Crippen molar-refractivity contribution in [1.29, 1.82) is 0 Å². The van der Waals surface area contributed by atoms with Gasteiger partial charge in [0.15, 0.2) is 6.04 Å². The van der Waals surface area contributed by atoms with Crippen LogP contribution in [-0.4, -0.2) is 48.4 Å². The third-order valence-electron chi connectivity index (χ3n) is 7.77. The van der Waals surface area contributed by atoms with Gasteiger partial charge in [0.2, 0.25) is 5.78 Å². The highest BCUT2D eigenvalue weighted by molar-refractivity contribution is 6.11. The Kier molecular flexibility index (Phi) is 7.39. The maximum absolute atomic E-state index is 14.0. The van der Waals surface area contributed by atoms with Crippen LogP contribution >= 0.6 is 0 Å². The fraction of sp³-hybridized carbons (Fsp3) is 0.294. The van der Waals surface area contributed by atoms with Crippen molar-refractivity contribution in [3.63, 3.8) is 0 Å². The monoisotopic (exact) mass is 535 g/mol. The van der Waals surface area contributed by atoms with E-state index in [-0.39, 0.29) is 18.4 Å². The highest BCUT2D eigenvalue weighted by Crippen LogP contribution is 2.52. The van der Waals surface area contributed by atoms with E-state index in [4.69, 9.17) is 4.74 Å². The van der Waals surface area contributed by atoms with Crippen LogP contribution in [0.25, 0.3) is 0 Å². The van der Waals surface area contributed by atoms with Crippen molar-refractivity contribution in [2.75, 3.05) is 20.7 Å². The SMILES string of the molecule is CCOC(=O)C1C2=C(NN1C(c1ccccc1)(c1ccccc1)c1ccccc1)C(=O)C(=CN(C)C)CC2(C)C. The van der Waals surface area contributed by atoms with Gasteiger partial charge in [-0.15, -0.1) is 0 Å². The van der Waals surface area contributed by atoms with Crippen molar-refractivity contribution in [2.24, 2.45) is 5.41 Å². The lowest BCUT2D eigenvalue weighted by Crippen LogP contribution is -2.58. The fourth-order valence-corrected chi connectivity index (χ4v) is 6.30. The van der Waals surface area contributed by atoms with E-state index >= 15 is 0 Å². The molecule has 206 valence electrons. The smallest absolute Gasteiger partial charge is 0.329 e. The van der Waals surface area contributed by atoms with Crippen LogP contribution in [0, 0.1) is 5.41 Å². The number of ether oxygens (including phenoxy) is 1. The highest BCUT2D eigenvalue weighted by Gasteiger charge is 2.57. The molecule has 1 aliphatic carbocycles. The second-order valence-corrected chi connectivity index (χ2v) is 11.2. The fourth-order valence-electron chi connectivity index (χ4n) is 6.30. The number of hydrogen-bond acceptors (Lipinski definition) is 6. The largest absolute Gasteiger partial charge is 0.465 e. The van der Waals surface area contributed by atoms with E-state index < -0.39 is 17.0 Å². The molecule has 40 heavy (non-hydrogen) atoms. The zero-order valence-corrected chi connectivity index (χ0v) is 23.8. The minimum Gasteiger partial charge on any atom is -0.465 e. The van der Waals surface area contributed by atoms with Crippen LogP contribution in [0.2, 0.25) is 0 Å². The lowest BCUT2D eigenvalue weighted by Gasteiger charge is -2.46. The minimum atomic E-state index is -0.972. The van der Waals surface area contributed by atoms with Crippen molar-refractivity contribution in [1.82, 2.24) is 15.3 Å². The van der Waals surface area contributed by atoms with Crippen LogP contribution in [0.1, 0.15) is 43.9 Å². The van der Waals surface area contributed by atoms with E-state index in [1.807, 2.05) is 91.7 Å². The molecule has 1 unspecified atom stereocenters. The Morgan fingerprint density at radius 3 is 1.85 bits per heavy atom. The molecule has 0 amide bonds. The van der Waals surface area contributed by atoms with E-state index in [0.29, 0.717) is 17.7 Å². The molecule has 1 heterocycles. The number of ketones is 1. The van der Waals surface area contributed by atoms with E-state index in [9.17, 15) is 9.59 Å². The Hall–Kier alpha value is -4.16. The molecule has 0 saturated carbocycles. The first-order valence-corrected chi connectivity index (χ1v) is 13.8. The molecule has 6 heteroatoms. The quantitative estimate of drug-likeness (QED) is 0.247. The zero-order chi connectivity index (χ0) is 28.5. The number of carbonyl (C=O) groups is 2. The standard InChI is InChI=1S/C34H37N3O3/c1-6-40-32(39)30-28-29(31(38)24(23-36(4)5)22-33(28,2)3)35-37(30)34(25-16-10-7-11-17-25,26-18-12-8-13-19-26)27-20-14-9-15-21-27/h7-21,23,30,35H,6,22H2,1-5H3. The number of carbonyl (C=O) groups excluding carboxylic acids is 2. The zero-order valence-electron chi connectivity index (χ0n) is 23.8. The Morgan fingerprint density at radius 2 is 1.43 bits per heavy atom. The van der Waals surface area contributed by atoms with Gasteiger partial charge in [0, 0.05) is 25.9 Å². The molecule has 0 aromatic heterocycles. The molecular weight excluding hydrogens is 498 g/mol. The van der Waals surface area contributed by atoms with Crippen molar-refractivity contribution in [2.45, 2.75) is 38.8 Å². The molecule has 1 aliphatic heterocycles. The summed E-state index contributed by atoms with van der Waals surface area (Å²) in [5.74, 6) is -0.476. The summed E-state index contributed by atoms with van der Waals surface area (Å²) in [5, 5.41) is 1.97. The summed E-state index contributed by atoms with van der Waals surface area (Å²) in [7, 11) is 3.83. The lowest BCUT2D eigenvalue weighted by molar-refractivity contribution is -0.150. The summed E-state index contributed by atoms with van der Waals surface area (Å²) in [4.78, 5) is 30.0. The van der Waals surface area contributed by atoms with Gasteiger partial charge in [-0.05, 0) is 41.0 Å². The molecule has 5 rings (SSSR count). The third-order valence-corrected chi connectivity index (χ3v) is 7.77. The number of benzene rings is 3. The van der Waals surface area contributed by atoms with Gasteiger partial charge < -0.3 is 15.1 Å². The van der Waals surface area contributed by atoms with Crippen molar-refractivity contribution < 1.29 is 14.3 Å². The van der Waals surface area contributed by atoms with Crippen molar-refractivity contribution in [3.05, 3.63) is 131 Å². The average Bonchev–Trinajstić information content (AvgIpc) is 3.36. The Morgan fingerprint density at radius 1 is 0.950 bits per heavy atom. The molecule has 0 fully saturated rings. The number of rotatable bonds is 7. The normalized spacial score (nSPS) is 19.8. The number of nitrogens with one attached hydrogen (secondary N) is 1. The van der Waals surface area contributed by atoms with Crippen LogP contribution in [0.5, 0.6) is 0 Å². The first kappa shape index (κ1) is 27.4. The third kappa shape index (κ3) is 4.52. The lowest BCUT2D eigenvalue weighted by atomic mass is 9.69. The molecule has 3 aromatic carbocycles. The first-order chi connectivity index (χ1) is 19.2. The molecule has 3 aromatic rings. The van der Waals surface area contributed by atoms with Gasteiger partial charge in [-0.2, -0.15) is 5.01 Å². The van der Waals surface area contributed by atoms with E-state index in [2.05, 4.69) is 55.7 Å². The average molecular weight is 536 g/mol. The minimum absolute atomic E-state index is 0.0945. The van der Waals surface area contributed by atoms with Gasteiger partial charge >= 0.3 is 5.97 Å². The number of hydrazine groups is 1. The van der Waals surface area contributed by atoms with Gasteiger partial charge in [0.05, 0.1) is 12.3 Å². The topological polar surface area (TPSA) is 61.9 Å². The van der Waals surface area contributed by atoms with Gasteiger partial charge in [-0.3, -0.25) is 4.79 Å². The van der Waals surface area contributed by atoms with Crippen LogP contribution in [0.3, 0.4) is 0 Å². The summed E-state index contributed by atoms with van der Waals surface area (Å²) in [6.45, 7) is 6.25. The van der Waals surface area contributed by atoms with Crippen LogP contribution in [-0.2, 0) is 19.9 Å². The van der Waals surface area contributed by atoms with Crippen molar-refractivity contribution >= 4 is 11.8 Å². The molecule has 2 aliphatic rings. The Labute approximate surface area is 236 Å². The maximum Gasteiger partial charge on any atom is 0.329 e. The summed E-state index contributed by atoms with van der Waals surface area (Å²) in [6, 6.07) is 29.6. The van der Waals surface area contributed by atoms with E-state index in [1.54, 1.807) is 0 Å². The van der Waals surface area contributed by atoms with Crippen LogP contribution in [0.15, 0.2) is 114 Å². The second kappa shape index (κ2) is 10.8. The van der Waals surface area contributed by atoms with E-state index in [0.717, 1.165) is 22.3 Å². The predicted molar refractivity (Wildman–Crippen MR) is 157 cm³/mol. The van der Waals surface area contributed by atoms with Gasteiger partial charge in [0.25, 0.3) is 0 Å². The van der Waals surface area contributed by atoms with Crippen molar-refractivity contribution in [3.8, 4) is 0 Å². The number of nitrogens with zero attached hydrogens (tertiary/aromatic N) is 2. The number of allylic oxidation sites excluding steroid dienone is 1. The molecule has 0 bridgehead atoms. The molecule has 0 saturated heterocycles. The number of hydrogen-bond donors (Lipinski definition) is 1. The highest BCUT2D eigenvalue weighted by atomic mass is 16.5. The Balaban J connectivity index is 1.84. The summed E-state index contributed by atoms with van der Waals surface area (Å²) >= 11 is 0.